The van der Waals surface area contributed by atoms with Crippen molar-refractivity contribution >= 4 is 11.5 Å². The third-order valence-electron chi connectivity index (χ3n) is 2.68. The van der Waals surface area contributed by atoms with Gasteiger partial charge in [-0.2, -0.15) is 0 Å². The highest BCUT2D eigenvalue weighted by Crippen LogP contribution is 2.16. The molecule has 3 heteroatoms. The largest absolute Gasteiger partial charge is 0.377 e. The fourth-order valence-corrected chi connectivity index (χ4v) is 1.72. The zero-order valence-electron chi connectivity index (χ0n) is 12.0. The molecule has 3 nitrogen and oxygen atoms in total. The second kappa shape index (κ2) is 8.48. The second-order valence-electron chi connectivity index (χ2n) is 4.60. The lowest BCUT2D eigenvalue weighted by Gasteiger charge is -2.08. The van der Waals surface area contributed by atoms with Crippen LogP contribution in [0.3, 0.4) is 0 Å². The molecular weight excluding hydrogens is 238 g/mol. The van der Waals surface area contributed by atoms with Crippen LogP contribution in [0, 0.1) is 0 Å². The van der Waals surface area contributed by atoms with E-state index in [9.17, 15) is 4.79 Å². The molecule has 0 spiro atoms. The molecule has 19 heavy (non-hydrogen) atoms. The van der Waals surface area contributed by atoms with Crippen LogP contribution < -0.4 is 5.32 Å². The molecule has 1 amide bonds. The monoisotopic (exact) mass is 261 g/mol. The van der Waals surface area contributed by atoms with Crippen LogP contribution in [-0.4, -0.2) is 25.2 Å². The minimum Gasteiger partial charge on any atom is -0.377 e. The molecule has 0 fully saturated rings. The lowest BCUT2D eigenvalue weighted by molar-refractivity contribution is -0.116. The van der Waals surface area contributed by atoms with Crippen molar-refractivity contribution in [1.82, 2.24) is 5.32 Å². The maximum absolute atomic E-state index is 11.8. The smallest absolute Gasteiger partial charge is 0.244 e. The first kappa shape index (κ1) is 15.4. The molecule has 1 N–H and O–H groups in total. The van der Waals surface area contributed by atoms with Crippen molar-refractivity contribution in [2.45, 2.75) is 33.3 Å². The average molecular weight is 261 g/mol. The van der Waals surface area contributed by atoms with Crippen LogP contribution in [0.25, 0.3) is 5.57 Å². The van der Waals surface area contributed by atoms with Crippen molar-refractivity contribution in [3.63, 3.8) is 0 Å². The van der Waals surface area contributed by atoms with Gasteiger partial charge in [0.15, 0.2) is 0 Å². The Labute approximate surface area is 115 Å². The summed E-state index contributed by atoms with van der Waals surface area (Å²) in [4.78, 5) is 11.8. The van der Waals surface area contributed by atoms with Crippen molar-refractivity contribution in [3.8, 4) is 0 Å². The number of carbonyl (C=O) groups is 1. The van der Waals surface area contributed by atoms with Gasteiger partial charge in [0.05, 0.1) is 12.7 Å². The minimum absolute atomic E-state index is 0.0620. The van der Waals surface area contributed by atoms with Gasteiger partial charge in [-0.3, -0.25) is 4.79 Å². The van der Waals surface area contributed by atoms with Gasteiger partial charge in [-0.1, -0.05) is 37.3 Å². The average Bonchev–Trinajstić information content (AvgIpc) is 2.41. The molecule has 1 rings (SSSR count). The van der Waals surface area contributed by atoms with Gasteiger partial charge >= 0.3 is 0 Å². The van der Waals surface area contributed by atoms with Gasteiger partial charge in [0, 0.05) is 12.6 Å². The molecule has 0 aromatic heterocycles. The first-order chi connectivity index (χ1) is 9.13. The molecule has 0 bridgehead atoms. The van der Waals surface area contributed by atoms with Gasteiger partial charge in [-0.15, -0.1) is 0 Å². The standard InChI is InChI=1S/C16H23NO2/c1-4-14(15-8-6-5-7-9-15)12-16(18)17-10-11-19-13(2)3/h5-9,12-13H,4,10-11H2,1-3H3,(H,17,18)/b14-12+. The van der Waals surface area contributed by atoms with E-state index in [1.54, 1.807) is 6.08 Å². The number of ether oxygens (including phenoxy) is 1. The quantitative estimate of drug-likeness (QED) is 0.605. The van der Waals surface area contributed by atoms with Gasteiger partial charge in [-0.05, 0) is 31.4 Å². The summed E-state index contributed by atoms with van der Waals surface area (Å²) in [5.41, 5.74) is 2.14. The third-order valence-corrected chi connectivity index (χ3v) is 2.68. The fraction of sp³-hybridized carbons (Fsp3) is 0.438. The molecule has 0 saturated carbocycles. The van der Waals surface area contributed by atoms with E-state index < -0.39 is 0 Å². The Morgan fingerprint density at radius 3 is 2.58 bits per heavy atom. The molecule has 0 aliphatic carbocycles. The van der Waals surface area contributed by atoms with E-state index in [4.69, 9.17) is 4.74 Å². The van der Waals surface area contributed by atoms with Crippen LogP contribution in [0.2, 0.25) is 0 Å². The topological polar surface area (TPSA) is 38.3 Å². The Morgan fingerprint density at radius 1 is 1.32 bits per heavy atom. The zero-order valence-corrected chi connectivity index (χ0v) is 12.0. The van der Waals surface area contributed by atoms with Gasteiger partial charge in [0.2, 0.25) is 5.91 Å². The van der Waals surface area contributed by atoms with Crippen LogP contribution >= 0.6 is 0 Å². The minimum atomic E-state index is -0.0620. The number of carbonyl (C=O) groups excluding carboxylic acids is 1. The molecule has 1 aromatic carbocycles. The summed E-state index contributed by atoms with van der Waals surface area (Å²) in [6.45, 7) is 7.09. The van der Waals surface area contributed by atoms with E-state index in [-0.39, 0.29) is 12.0 Å². The molecule has 104 valence electrons. The van der Waals surface area contributed by atoms with Crippen LogP contribution in [0.5, 0.6) is 0 Å². The van der Waals surface area contributed by atoms with Gasteiger partial charge in [0.1, 0.15) is 0 Å². The van der Waals surface area contributed by atoms with E-state index in [0.29, 0.717) is 13.2 Å². The number of benzene rings is 1. The van der Waals surface area contributed by atoms with Crippen molar-refractivity contribution in [2.24, 2.45) is 0 Å². The Bertz CT molecular complexity index is 410. The maximum Gasteiger partial charge on any atom is 0.244 e. The van der Waals surface area contributed by atoms with Crippen molar-refractivity contribution in [1.29, 1.82) is 0 Å². The first-order valence-corrected chi connectivity index (χ1v) is 6.79. The summed E-state index contributed by atoms with van der Waals surface area (Å²) in [7, 11) is 0. The van der Waals surface area contributed by atoms with Crippen LogP contribution in [-0.2, 0) is 9.53 Å². The predicted octanol–water partition coefficient (Wildman–Crippen LogP) is 3.02. The zero-order chi connectivity index (χ0) is 14.1. The van der Waals surface area contributed by atoms with Crippen LogP contribution in [0.1, 0.15) is 32.8 Å². The molecule has 0 atom stereocenters. The predicted molar refractivity (Wildman–Crippen MR) is 78.8 cm³/mol. The molecule has 0 aliphatic rings. The normalized spacial score (nSPS) is 11.7. The summed E-state index contributed by atoms with van der Waals surface area (Å²) in [5, 5.41) is 2.83. The molecule has 1 aromatic rings. The summed E-state index contributed by atoms with van der Waals surface area (Å²) in [5.74, 6) is -0.0620. The van der Waals surface area contributed by atoms with Gasteiger partial charge in [-0.25, -0.2) is 0 Å². The summed E-state index contributed by atoms with van der Waals surface area (Å²) < 4.78 is 5.37. The Morgan fingerprint density at radius 2 is 2.00 bits per heavy atom. The van der Waals surface area contributed by atoms with Crippen molar-refractivity contribution in [3.05, 3.63) is 42.0 Å². The molecule has 0 unspecified atom stereocenters. The number of hydrogen-bond donors (Lipinski definition) is 1. The van der Waals surface area contributed by atoms with Gasteiger partial charge in [0.25, 0.3) is 0 Å². The molecule has 0 aliphatic heterocycles. The molecule has 0 heterocycles. The second-order valence-corrected chi connectivity index (χ2v) is 4.60. The Kier molecular flexibility index (Phi) is 6.90. The lowest BCUT2D eigenvalue weighted by atomic mass is 10.0. The highest BCUT2D eigenvalue weighted by Gasteiger charge is 2.02. The lowest BCUT2D eigenvalue weighted by Crippen LogP contribution is -2.26. The summed E-state index contributed by atoms with van der Waals surface area (Å²) in [6, 6.07) is 9.97. The van der Waals surface area contributed by atoms with E-state index >= 15 is 0 Å². The number of hydrogen-bond acceptors (Lipinski definition) is 2. The fourth-order valence-electron chi connectivity index (χ4n) is 1.72. The number of rotatable bonds is 7. The Balaban J connectivity index is 2.49. The maximum atomic E-state index is 11.8. The van der Waals surface area contributed by atoms with Gasteiger partial charge < -0.3 is 10.1 Å². The van der Waals surface area contributed by atoms with E-state index in [1.165, 1.54) is 0 Å². The van der Waals surface area contributed by atoms with Crippen LogP contribution in [0.4, 0.5) is 0 Å². The van der Waals surface area contributed by atoms with E-state index in [1.807, 2.05) is 51.1 Å². The van der Waals surface area contributed by atoms with Crippen LogP contribution in [0.15, 0.2) is 36.4 Å². The number of allylic oxidation sites excluding steroid dienone is 1. The Hall–Kier alpha value is -1.61. The summed E-state index contributed by atoms with van der Waals surface area (Å²) >= 11 is 0. The molecule has 0 saturated heterocycles. The molecule has 0 radical (unpaired) electrons. The van der Waals surface area contributed by atoms with Crippen molar-refractivity contribution < 1.29 is 9.53 Å². The first-order valence-electron chi connectivity index (χ1n) is 6.79. The third kappa shape index (κ3) is 6.20. The molecular formula is C16H23NO2. The highest BCUT2D eigenvalue weighted by atomic mass is 16.5. The van der Waals surface area contributed by atoms with E-state index in [0.717, 1.165) is 17.6 Å². The number of amides is 1. The van der Waals surface area contributed by atoms with Crippen molar-refractivity contribution in [2.75, 3.05) is 13.2 Å². The summed E-state index contributed by atoms with van der Waals surface area (Å²) in [6.07, 6.45) is 2.70. The number of nitrogens with one attached hydrogen (secondary N) is 1. The van der Waals surface area contributed by atoms with E-state index in [2.05, 4.69) is 5.32 Å². The highest BCUT2D eigenvalue weighted by molar-refractivity contribution is 5.95. The SMILES string of the molecule is CC/C(=C\C(=O)NCCOC(C)C)c1ccccc1.